The standard InChI is InChI=1S/C18H20ClN3O2/c19-15-4-1-5-16(11-15)21-18(23)22-10-2-3-14(12-22)13-24-17-6-8-20-9-7-17/h1,4-9,11,14H,2-3,10,12-13H2,(H,21,23). The third kappa shape index (κ3) is 4.61. The van der Waals surface area contributed by atoms with Gasteiger partial charge in [-0.15, -0.1) is 0 Å². The Kier molecular flexibility index (Phi) is 5.54. The molecule has 0 bridgehead atoms. The number of benzene rings is 1. The molecular weight excluding hydrogens is 326 g/mol. The van der Waals surface area contributed by atoms with Gasteiger partial charge in [0, 0.05) is 42.1 Å². The number of hydrogen-bond acceptors (Lipinski definition) is 3. The maximum Gasteiger partial charge on any atom is 0.321 e. The summed E-state index contributed by atoms with van der Waals surface area (Å²) < 4.78 is 5.79. The molecule has 5 nitrogen and oxygen atoms in total. The Hall–Kier alpha value is -2.27. The first kappa shape index (κ1) is 16.6. The van der Waals surface area contributed by atoms with Crippen LogP contribution in [0.3, 0.4) is 0 Å². The smallest absolute Gasteiger partial charge is 0.321 e. The van der Waals surface area contributed by atoms with Crippen LogP contribution in [0, 0.1) is 5.92 Å². The van der Waals surface area contributed by atoms with E-state index in [-0.39, 0.29) is 6.03 Å². The van der Waals surface area contributed by atoms with E-state index in [4.69, 9.17) is 16.3 Å². The zero-order valence-electron chi connectivity index (χ0n) is 13.3. The zero-order valence-corrected chi connectivity index (χ0v) is 14.1. The van der Waals surface area contributed by atoms with Gasteiger partial charge >= 0.3 is 6.03 Å². The first-order chi connectivity index (χ1) is 11.7. The molecule has 6 heteroatoms. The van der Waals surface area contributed by atoms with Crippen LogP contribution in [-0.2, 0) is 0 Å². The van der Waals surface area contributed by atoms with Crippen molar-refractivity contribution >= 4 is 23.3 Å². The summed E-state index contributed by atoms with van der Waals surface area (Å²) in [6.07, 6.45) is 5.46. The van der Waals surface area contributed by atoms with E-state index in [0.717, 1.165) is 25.1 Å². The SMILES string of the molecule is O=C(Nc1cccc(Cl)c1)N1CCCC(COc2ccncc2)C1. The zero-order chi connectivity index (χ0) is 16.8. The van der Waals surface area contributed by atoms with E-state index in [1.165, 1.54) is 0 Å². The van der Waals surface area contributed by atoms with E-state index < -0.39 is 0 Å². The summed E-state index contributed by atoms with van der Waals surface area (Å²) in [4.78, 5) is 18.2. The summed E-state index contributed by atoms with van der Waals surface area (Å²) in [5.41, 5.74) is 0.711. The van der Waals surface area contributed by atoms with Gasteiger partial charge in [0.25, 0.3) is 0 Å². The monoisotopic (exact) mass is 345 g/mol. The van der Waals surface area contributed by atoms with E-state index in [1.807, 2.05) is 29.2 Å². The fourth-order valence-corrected chi connectivity index (χ4v) is 2.99. The second kappa shape index (κ2) is 8.02. The molecule has 1 unspecified atom stereocenters. The summed E-state index contributed by atoms with van der Waals surface area (Å²) in [6, 6.07) is 10.8. The maximum absolute atomic E-state index is 12.4. The van der Waals surface area contributed by atoms with Crippen LogP contribution in [-0.4, -0.2) is 35.6 Å². The van der Waals surface area contributed by atoms with Crippen molar-refractivity contribution in [3.05, 3.63) is 53.8 Å². The fourth-order valence-electron chi connectivity index (χ4n) is 2.80. The molecule has 1 aliphatic rings. The van der Waals surface area contributed by atoms with Crippen molar-refractivity contribution in [1.82, 2.24) is 9.88 Å². The van der Waals surface area contributed by atoms with Crippen molar-refractivity contribution in [2.45, 2.75) is 12.8 Å². The van der Waals surface area contributed by atoms with E-state index in [1.54, 1.807) is 24.5 Å². The van der Waals surface area contributed by atoms with Crippen LogP contribution in [0.15, 0.2) is 48.8 Å². The number of ether oxygens (including phenoxy) is 1. The lowest BCUT2D eigenvalue weighted by atomic mass is 9.99. The lowest BCUT2D eigenvalue weighted by molar-refractivity contribution is 0.145. The van der Waals surface area contributed by atoms with Gasteiger partial charge in [0.1, 0.15) is 5.75 Å². The average Bonchev–Trinajstić information content (AvgIpc) is 2.61. The van der Waals surface area contributed by atoms with Crippen molar-refractivity contribution in [3.63, 3.8) is 0 Å². The number of urea groups is 1. The van der Waals surface area contributed by atoms with Gasteiger partial charge in [0.15, 0.2) is 0 Å². The lowest BCUT2D eigenvalue weighted by Gasteiger charge is -2.32. The van der Waals surface area contributed by atoms with Crippen molar-refractivity contribution in [2.24, 2.45) is 5.92 Å². The van der Waals surface area contributed by atoms with Crippen molar-refractivity contribution in [1.29, 1.82) is 0 Å². The number of rotatable bonds is 4. The molecular formula is C18H20ClN3O2. The summed E-state index contributed by atoms with van der Waals surface area (Å²) in [6.45, 7) is 2.06. The van der Waals surface area contributed by atoms with Gasteiger partial charge in [-0.3, -0.25) is 4.98 Å². The maximum atomic E-state index is 12.4. The van der Waals surface area contributed by atoms with Crippen LogP contribution in [0.25, 0.3) is 0 Å². The second-order valence-electron chi connectivity index (χ2n) is 5.89. The number of carbonyl (C=O) groups excluding carboxylic acids is 1. The predicted octanol–water partition coefficient (Wildman–Crippen LogP) is 4.06. The average molecular weight is 346 g/mol. The Labute approximate surface area is 146 Å². The number of nitrogens with one attached hydrogen (secondary N) is 1. The molecule has 0 spiro atoms. The minimum absolute atomic E-state index is 0.0918. The molecule has 0 radical (unpaired) electrons. The number of anilines is 1. The molecule has 0 saturated carbocycles. The van der Waals surface area contributed by atoms with Gasteiger partial charge in [0.2, 0.25) is 0 Å². The molecule has 1 aliphatic heterocycles. The van der Waals surface area contributed by atoms with E-state index in [9.17, 15) is 4.79 Å². The highest BCUT2D eigenvalue weighted by atomic mass is 35.5. The Morgan fingerprint density at radius 3 is 2.96 bits per heavy atom. The third-order valence-corrected chi connectivity index (χ3v) is 4.25. The predicted molar refractivity (Wildman–Crippen MR) is 94.5 cm³/mol. The fraction of sp³-hybridized carbons (Fsp3) is 0.333. The minimum Gasteiger partial charge on any atom is -0.493 e. The molecule has 1 aromatic carbocycles. The van der Waals surface area contributed by atoms with Crippen LogP contribution < -0.4 is 10.1 Å². The van der Waals surface area contributed by atoms with Gasteiger partial charge in [-0.1, -0.05) is 17.7 Å². The van der Waals surface area contributed by atoms with Crippen molar-refractivity contribution < 1.29 is 9.53 Å². The molecule has 1 aromatic heterocycles. The summed E-state index contributed by atoms with van der Waals surface area (Å²) in [5, 5.41) is 3.51. The van der Waals surface area contributed by atoms with Gasteiger partial charge in [-0.2, -0.15) is 0 Å². The second-order valence-corrected chi connectivity index (χ2v) is 6.33. The van der Waals surface area contributed by atoms with Crippen LogP contribution in [0.1, 0.15) is 12.8 Å². The van der Waals surface area contributed by atoms with Crippen LogP contribution in [0.2, 0.25) is 5.02 Å². The van der Waals surface area contributed by atoms with Crippen molar-refractivity contribution in [2.75, 3.05) is 25.0 Å². The number of aromatic nitrogens is 1. The van der Waals surface area contributed by atoms with E-state index in [2.05, 4.69) is 10.3 Å². The topological polar surface area (TPSA) is 54.5 Å². The van der Waals surface area contributed by atoms with Gasteiger partial charge in [0.05, 0.1) is 6.61 Å². The molecule has 1 fully saturated rings. The van der Waals surface area contributed by atoms with Crippen LogP contribution >= 0.6 is 11.6 Å². The normalized spacial score (nSPS) is 17.4. The number of halogens is 1. The Morgan fingerprint density at radius 2 is 2.17 bits per heavy atom. The van der Waals surface area contributed by atoms with Crippen LogP contribution in [0.4, 0.5) is 10.5 Å². The largest absolute Gasteiger partial charge is 0.493 e. The molecule has 1 atom stereocenters. The number of carbonyl (C=O) groups is 1. The number of nitrogens with zero attached hydrogens (tertiary/aromatic N) is 2. The molecule has 0 aliphatic carbocycles. The molecule has 2 aromatic rings. The highest BCUT2D eigenvalue weighted by Crippen LogP contribution is 2.20. The van der Waals surface area contributed by atoms with Gasteiger partial charge in [-0.25, -0.2) is 4.79 Å². The van der Waals surface area contributed by atoms with E-state index in [0.29, 0.717) is 29.8 Å². The first-order valence-electron chi connectivity index (χ1n) is 8.05. The molecule has 1 N–H and O–H groups in total. The number of hydrogen-bond donors (Lipinski definition) is 1. The number of pyridine rings is 1. The Balaban J connectivity index is 1.52. The molecule has 2 heterocycles. The number of likely N-dealkylation sites (tertiary alicyclic amines) is 1. The Morgan fingerprint density at radius 1 is 1.33 bits per heavy atom. The summed E-state index contributed by atoms with van der Waals surface area (Å²) in [7, 11) is 0. The van der Waals surface area contributed by atoms with Gasteiger partial charge in [-0.05, 0) is 43.2 Å². The van der Waals surface area contributed by atoms with Crippen LogP contribution in [0.5, 0.6) is 5.75 Å². The quantitative estimate of drug-likeness (QED) is 0.909. The summed E-state index contributed by atoms with van der Waals surface area (Å²) in [5.74, 6) is 1.14. The highest BCUT2D eigenvalue weighted by molar-refractivity contribution is 6.30. The van der Waals surface area contributed by atoms with Crippen molar-refractivity contribution in [3.8, 4) is 5.75 Å². The molecule has 24 heavy (non-hydrogen) atoms. The van der Waals surface area contributed by atoms with Gasteiger partial charge < -0.3 is 15.0 Å². The van der Waals surface area contributed by atoms with E-state index >= 15 is 0 Å². The highest BCUT2D eigenvalue weighted by Gasteiger charge is 2.24. The molecule has 3 rings (SSSR count). The Bertz CT molecular complexity index is 681. The lowest BCUT2D eigenvalue weighted by Crippen LogP contribution is -2.43. The summed E-state index contributed by atoms with van der Waals surface area (Å²) >= 11 is 5.95. The first-order valence-corrected chi connectivity index (χ1v) is 8.43. The molecule has 2 amide bonds. The number of piperidine rings is 1. The molecule has 126 valence electrons. The molecule has 1 saturated heterocycles. The number of amides is 2. The third-order valence-electron chi connectivity index (χ3n) is 4.02. The minimum atomic E-state index is -0.0918.